The van der Waals surface area contributed by atoms with Crippen LogP contribution in [0.15, 0.2) is 23.4 Å². The molecule has 0 atom stereocenters. The van der Waals surface area contributed by atoms with Crippen molar-refractivity contribution >= 4 is 40.6 Å². The molecule has 1 amide bonds. The third kappa shape index (κ3) is 2.56. The Labute approximate surface area is 118 Å². The van der Waals surface area contributed by atoms with Crippen molar-refractivity contribution < 1.29 is 4.79 Å². The average molecular weight is 300 g/mol. The molecule has 0 bridgehead atoms. The first-order chi connectivity index (χ1) is 8.63. The van der Waals surface area contributed by atoms with E-state index in [1.807, 2.05) is 6.08 Å². The van der Waals surface area contributed by atoms with Crippen molar-refractivity contribution in [3.8, 4) is 6.07 Å². The molecular weight excluding hydrogens is 293 g/mol. The molecule has 0 aromatic carbocycles. The number of allylic oxidation sites excluding steroid dienone is 3. The van der Waals surface area contributed by atoms with Crippen LogP contribution in [0.5, 0.6) is 0 Å². The zero-order valence-corrected chi connectivity index (χ0v) is 11.4. The van der Waals surface area contributed by atoms with E-state index in [0.29, 0.717) is 17.7 Å². The van der Waals surface area contributed by atoms with Crippen molar-refractivity contribution in [3.05, 3.63) is 38.5 Å². The number of rotatable bonds is 2. The summed E-state index contributed by atoms with van der Waals surface area (Å²) in [7, 11) is 0. The van der Waals surface area contributed by atoms with Gasteiger partial charge in [0.1, 0.15) is 9.90 Å². The summed E-state index contributed by atoms with van der Waals surface area (Å²) in [6.07, 6.45) is 5.05. The highest BCUT2D eigenvalue weighted by molar-refractivity contribution is 7.09. The van der Waals surface area contributed by atoms with Crippen molar-refractivity contribution in [2.45, 2.75) is 12.8 Å². The number of amides is 1. The quantitative estimate of drug-likeness (QED) is 0.911. The number of carbonyl (C=O) groups excluding carboxylic acids is 1. The van der Waals surface area contributed by atoms with Crippen LogP contribution in [0.2, 0.25) is 10.2 Å². The van der Waals surface area contributed by atoms with Crippen LogP contribution < -0.4 is 5.32 Å². The predicted molar refractivity (Wildman–Crippen MR) is 70.6 cm³/mol. The molecule has 0 saturated heterocycles. The first-order valence-corrected chi connectivity index (χ1v) is 6.58. The molecule has 0 spiro atoms. The van der Waals surface area contributed by atoms with Gasteiger partial charge in [-0.2, -0.15) is 9.64 Å². The molecule has 1 heterocycles. The molecule has 2 rings (SSSR count). The van der Waals surface area contributed by atoms with Crippen molar-refractivity contribution in [2.24, 2.45) is 0 Å². The van der Waals surface area contributed by atoms with Gasteiger partial charge < -0.3 is 5.32 Å². The standard InChI is InChI=1S/C11H7Cl2N3OS/c12-8-9(18-16-10(8)13)11(17)15-7-4-2-1-3-6(7)5-14/h2,4H,1,3H2,(H,15,17). The van der Waals surface area contributed by atoms with E-state index in [1.54, 1.807) is 6.08 Å². The van der Waals surface area contributed by atoms with Crippen LogP contribution in [0.4, 0.5) is 0 Å². The lowest BCUT2D eigenvalue weighted by Gasteiger charge is -2.11. The van der Waals surface area contributed by atoms with Crippen molar-refractivity contribution in [2.75, 3.05) is 0 Å². The molecule has 4 nitrogen and oxygen atoms in total. The van der Waals surface area contributed by atoms with Gasteiger partial charge in [0, 0.05) is 0 Å². The Morgan fingerprint density at radius 2 is 2.33 bits per heavy atom. The number of hydrogen-bond donors (Lipinski definition) is 1. The van der Waals surface area contributed by atoms with E-state index in [9.17, 15) is 4.79 Å². The molecule has 1 aliphatic carbocycles. The second-order valence-electron chi connectivity index (χ2n) is 3.52. The highest BCUT2D eigenvalue weighted by Gasteiger charge is 2.19. The Morgan fingerprint density at radius 1 is 1.56 bits per heavy atom. The number of hydrogen-bond acceptors (Lipinski definition) is 4. The van der Waals surface area contributed by atoms with Crippen molar-refractivity contribution in [1.82, 2.24) is 9.69 Å². The summed E-state index contributed by atoms with van der Waals surface area (Å²) in [6.45, 7) is 0. The van der Waals surface area contributed by atoms with Crippen LogP contribution in [-0.4, -0.2) is 10.3 Å². The summed E-state index contributed by atoms with van der Waals surface area (Å²) in [5.74, 6) is -0.404. The molecule has 7 heteroatoms. The van der Waals surface area contributed by atoms with Gasteiger partial charge in [0.05, 0.1) is 17.3 Å². The Balaban J connectivity index is 2.23. The predicted octanol–water partition coefficient (Wildman–Crippen LogP) is 3.31. The fourth-order valence-electron chi connectivity index (χ4n) is 1.48. The van der Waals surface area contributed by atoms with E-state index in [4.69, 9.17) is 28.5 Å². The second-order valence-corrected chi connectivity index (χ2v) is 5.03. The lowest BCUT2D eigenvalue weighted by molar-refractivity contribution is 0.0971. The zero-order valence-electron chi connectivity index (χ0n) is 9.04. The fraction of sp³-hybridized carbons (Fsp3) is 0.182. The van der Waals surface area contributed by atoms with E-state index >= 15 is 0 Å². The second kappa shape index (κ2) is 5.53. The molecule has 1 N–H and O–H groups in total. The number of halogens is 2. The summed E-state index contributed by atoms with van der Waals surface area (Å²) in [5, 5.41) is 11.9. The molecule has 0 aliphatic heterocycles. The van der Waals surface area contributed by atoms with Crippen LogP contribution in [0.1, 0.15) is 22.5 Å². The molecule has 1 aromatic rings. The SMILES string of the molecule is N#CC1=C(NC(=O)c2snc(Cl)c2Cl)C=CCC1. The molecular formula is C11H7Cl2N3OS. The summed E-state index contributed by atoms with van der Waals surface area (Å²) < 4.78 is 3.78. The number of nitrogens with zero attached hydrogens (tertiary/aromatic N) is 2. The van der Waals surface area contributed by atoms with E-state index in [2.05, 4.69) is 15.8 Å². The van der Waals surface area contributed by atoms with Gasteiger partial charge in [-0.15, -0.1) is 0 Å². The smallest absolute Gasteiger partial charge is 0.268 e. The summed E-state index contributed by atoms with van der Waals surface area (Å²) in [6, 6.07) is 2.07. The van der Waals surface area contributed by atoms with Crippen LogP contribution in [0, 0.1) is 11.3 Å². The van der Waals surface area contributed by atoms with Crippen LogP contribution in [0.3, 0.4) is 0 Å². The Hall–Kier alpha value is -1.35. The third-order valence-corrected chi connectivity index (χ3v) is 4.15. The van der Waals surface area contributed by atoms with Crippen molar-refractivity contribution in [3.63, 3.8) is 0 Å². The fourth-order valence-corrected chi connectivity index (χ4v) is 2.59. The summed E-state index contributed by atoms with van der Waals surface area (Å²) in [5.41, 5.74) is 1.06. The Kier molecular flexibility index (Phi) is 4.02. The average Bonchev–Trinajstić information content (AvgIpc) is 2.71. The maximum atomic E-state index is 11.9. The van der Waals surface area contributed by atoms with E-state index in [-0.39, 0.29) is 15.1 Å². The van der Waals surface area contributed by atoms with E-state index in [0.717, 1.165) is 18.0 Å². The lowest BCUT2D eigenvalue weighted by Crippen LogP contribution is -2.23. The maximum absolute atomic E-state index is 11.9. The highest BCUT2D eigenvalue weighted by Crippen LogP contribution is 2.28. The minimum Gasteiger partial charge on any atom is -0.320 e. The Morgan fingerprint density at radius 3 is 2.94 bits per heavy atom. The molecule has 0 radical (unpaired) electrons. The molecule has 0 fully saturated rings. The van der Waals surface area contributed by atoms with E-state index < -0.39 is 5.91 Å². The number of nitriles is 1. The first-order valence-electron chi connectivity index (χ1n) is 5.05. The minimum absolute atomic E-state index is 0.112. The molecule has 92 valence electrons. The molecule has 0 saturated carbocycles. The molecule has 1 aliphatic rings. The van der Waals surface area contributed by atoms with Crippen molar-refractivity contribution in [1.29, 1.82) is 5.26 Å². The molecule has 18 heavy (non-hydrogen) atoms. The van der Waals surface area contributed by atoms with Gasteiger partial charge in [0.2, 0.25) is 0 Å². The monoisotopic (exact) mass is 299 g/mol. The lowest BCUT2D eigenvalue weighted by atomic mass is 10.0. The maximum Gasteiger partial charge on any atom is 0.268 e. The summed E-state index contributed by atoms with van der Waals surface area (Å²) >= 11 is 12.5. The van der Waals surface area contributed by atoms with Gasteiger partial charge in [-0.3, -0.25) is 4.79 Å². The number of carbonyl (C=O) groups is 1. The zero-order chi connectivity index (χ0) is 13.1. The van der Waals surface area contributed by atoms with Crippen LogP contribution in [-0.2, 0) is 0 Å². The van der Waals surface area contributed by atoms with Gasteiger partial charge >= 0.3 is 0 Å². The van der Waals surface area contributed by atoms with Gasteiger partial charge in [0.15, 0.2) is 5.15 Å². The van der Waals surface area contributed by atoms with Gasteiger partial charge in [-0.25, -0.2) is 0 Å². The van der Waals surface area contributed by atoms with Gasteiger partial charge in [-0.05, 0) is 30.5 Å². The molecule has 0 unspecified atom stereocenters. The van der Waals surface area contributed by atoms with Gasteiger partial charge in [-0.1, -0.05) is 29.3 Å². The van der Waals surface area contributed by atoms with Crippen LogP contribution >= 0.6 is 34.7 Å². The summed E-state index contributed by atoms with van der Waals surface area (Å²) in [4.78, 5) is 12.2. The number of aromatic nitrogens is 1. The number of nitrogens with one attached hydrogen (secondary N) is 1. The third-order valence-electron chi connectivity index (χ3n) is 2.36. The molecule has 1 aromatic heterocycles. The van der Waals surface area contributed by atoms with Crippen LogP contribution in [0.25, 0.3) is 0 Å². The first kappa shape index (κ1) is 13.1. The highest BCUT2D eigenvalue weighted by atomic mass is 35.5. The minimum atomic E-state index is -0.404. The topological polar surface area (TPSA) is 65.8 Å². The normalized spacial score (nSPS) is 14.5. The van der Waals surface area contributed by atoms with E-state index in [1.165, 1.54) is 0 Å². The van der Waals surface area contributed by atoms with Gasteiger partial charge in [0.25, 0.3) is 5.91 Å². The largest absolute Gasteiger partial charge is 0.320 e. The Bertz CT molecular complexity index is 598.